The summed E-state index contributed by atoms with van der Waals surface area (Å²) in [6, 6.07) is 5.50. The van der Waals surface area contributed by atoms with Gasteiger partial charge in [0.25, 0.3) is 0 Å². The van der Waals surface area contributed by atoms with Crippen molar-refractivity contribution in [2.24, 2.45) is 0 Å². The highest BCUT2D eigenvalue weighted by molar-refractivity contribution is 6.33. The smallest absolute Gasteiger partial charge is 0.198 e. The topological polar surface area (TPSA) is 46.4 Å². The van der Waals surface area contributed by atoms with E-state index in [-0.39, 0.29) is 12.3 Å². The number of hydrogen-bond donors (Lipinski definition) is 1. The molecule has 15 heavy (non-hydrogen) atoms. The van der Waals surface area contributed by atoms with Crippen LogP contribution >= 0.6 is 11.6 Å². The molecule has 4 nitrogen and oxygen atoms in total. The highest BCUT2D eigenvalue weighted by atomic mass is 35.5. The number of fused-ring (bicyclic) bond motifs is 1. The standard InChI is InChI=1S/C10H10ClN3O/c1-12-6-7(15)9-10(11)14-5-3-2-4-8(14)13-9/h2-5,12H,6H2,1H3. The van der Waals surface area contributed by atoms with Gasteiger partial charge in [-0.1, -0.05) is 17.7 Å². The highest BCUT2D eigenvalue weighted by Gasteiger charge is 2.15. The van der Waals surface area contributed by atoms with Crippen LogP contribution in [0.2, 0.25) is 5.15 Å². The third-order valence-corrected chi connectivity index (χ3v) is 2.43. The van der Waals surface area contributed by atoms with E-state index in [4.69, 9.17) is 11.6 Å². The number of pyridine rings is 1. The van der Waals surface area contributed by atoms with Gasteiger partial charge in [-0.05, 0) is 19.2 Å². The van der Waals surface area contributed by atoms with Crippen LogP contribution in [0.4, 0.5) is 0 Å². The lowest BCUT2D eigenvalue weighted by Gasteiger charge is -1.95. The number of ketones is 1. The molecule has 0 unspecified atom stereocenters. The van der Waals surface area contributed by atoms with Gasteiger partial charge in [0.1, 0.15) is 16.5 Å². The fourth-order valence-corrected chi connectivity index (χ4v) is 1.68. The van der Waals surface area contributed by atoms with Crippen LogP contribution in [0, 0.1) is 0 Å². The van der Waals surface area contributed by atoms with E-state index in [9.17, 15) is 4.79 Å². The minimum Gasteiger partial charge on any atom is -0.313 e. The summed E-state index contributed by atoms with van der Waals surface area (Å²) in [5.74, 6) is -0.105. The predicted molar refractivity (Wildman–Crippen MR) is 58.5 cm³/mol. The highest BCUT2D eigenvalue weighted by Crippen LogP contribution is 2.18. The lowest BCUT2D eigenvalue weighted by Crippen LogP contribution is -2.19. The Hall–Kier alpha value is -1.39. The summed E-state index contributed by atoms with van der Waals surface area (Å²) < 4.78 is 1.68. The van der Waals surface area contributed by atoms with Gasteiger partial charge in [-0.15, -0.1) is 0 Å². The first-order chi connectivity index (χ1) is 7.24. The molecule has 0 radical (unpaired) electrons. The molecule has 0 fully saturated rings. The van der Waals surface area contributed by atoms with Gasteiger partial charge in [-0.3, -0.25) is 9.20 Å². The molecule has 78 valence electrons. The molecule has 1 N–H and O–H groups in total. The minimum absolute atomic E-state index is 0.105. The Bertz CT molecular complexity index is 506. The van der Waals surface area contributed by atoms with Gasteiger partial charge in [0.15, 0.2) is 5.78 Å². The molecule has 0 amide bonds. The molecule has 0 aromatic carbocycles. The number of halogens is 1. The molecule has 0 aliphatic heterocycles. The monoisotopic (exact) mass is 223 g/mol. The van der Waals surface area contributed by atoms with Crippen LogP contribution in [0.25, 0.3) is 5.65 Å². The Morgan fingerprint density at radius 2 is 2.40 bits per heavy atom. The van der Waals surface area contributed by atoms with Crippen LogP contribution < -0.4 is 5.32 Å². The SMILES string of the molecule is CNCC(=O)c1nc2ccccn2c1Cl. The first kappa shape index (κ1) is 10.1. The van der Waals surface area contributed by atoms with Crippen molar-refractivity contribution >= 4 is 23.0 Å². The zero-order valence-corrected chi connectivity index (χ0v) is 8.95. The third kappa shape index (κ3) is 1.73. The van der Waals surface area contributed by atoms with Crippen LogP contribution in [-0.2, 0) is 0 Å². The van der Waals surface area contributed by atoms with Crippen LogP contribution in [0.15, 0.2) is 24.4 Å². The van der Waals surface area contributed by atoms with Crippen molar-refractivity contribution < 1.29 is 4.79 Å². The normalized spacial score (nSPS) is 10.8. The zero-order valence-electron chi connectivity index (χ0n) is 8.20. The number of carbonyl (C=O) groups is 1. The van der Waals surface area contributed by atoms with Crippen LogP contribution in [0.1, 0.15) is 10.5 Å². The van der Waals surface area contributed by atoms with Gasteiger partial charge in [0.2, 0.25) is 0 Å². The number of rotatable bonds is 3. The average Bonchev–Trinajstić information content (AvgIpc) is 2.57. The predicted octanol–water partition coefficient (Wildman–Crippen LogP) is 1.39. The maximum Gasteiger partial charge on any atom is 0.198 e. The van der Waals surface area contributed by atoms with Crippen LogP contribution in [0.3, 0.4) is 0 Å². The Labute approximate surface area is 91.9 Å². The fourth-order valence-electron chi connectivity index (χ4n) is 1.39. The lowest BCUT2D eigenvalue weighted by atomic mass is 10.3. The van der Waals surface area contributed by atoms with Gasteiger partial charge in [-0.2, -0.15) is 0 Å². The number of nitrogens with one attached hydrogen (secondary N) is 1. The van der Waals surface area contributed by atoms with Gasteiger partial charge < -0.3 is 5.32 Å². The van der Waals surface area contributed by atoms with Crippen LogP contribution in [0.5, 0.6) is 0 Å². The van der Waals surface area contributed by atoms with Crippen LogP contribution in [-0.4, -0.2) is 28.8 Å². The lowest BCUT2D eigenvalue weighted by molar-refractivity contribution is 0.0989. The fraction of sp³-hybridized carbons (Fsp3) is 0.200. The summed E-state index contributed by atoms with van der Waals surface area (Å²) in [6.45, 7) is 0.240. The number of carbonyl (C=O) groups excluding carboxylic acids is 1. The van der Waals surface area contributed by atoms with E-state index < -0.39 is 0 Å². The van der Waals surface area contributed by atoms with Crippen molar-refractivity contribution in [2.75, 3.05) is 13.6 Å². The van der Waals surface area contributed by atoms with E-state index in [1.807, 2.05) is 18.2 Å². The van der Waals surface area contributed by atoms with E-state index in [1.54, 1.807) is 17.6 Å². The molecular formula is C10H10ClN3O. The molecule has 0 spiro atoms. The summed E-state index contributed by atoms with van der Waals surface area (Å²) in [4.78, 5) is 15.8. The molecule has 2 aromatic rings. The van der Waals surface area contributed by atoms with Crippen molar-refractivity contribution in [1.29, 1.82) is 0 Å². The number of imidazole rings is 1. The molecule has 2 rings (SSSR count). The maximum absolute atomic E-state index is 11.6. The second-order valence-corrected chi connectivity index (χ2v) is 3.49. The van der Waals surface area contributed by atoms with Gasteiger partial charge in [0, 0.05) is 6.20 Å². The van der Waals surface area contributed by atoms with E-state index in [1.165, 1.54) is 0 Å². The average molecular weight is 224 g/mol. The first-order valence-corrected chi connectivity index (χ1v) is 4.92. The summed E-state index contributed by atoms with van der Waals surface area (Å²) >= 11 is 6.04. The van der Waals surface area contributed by atoms with Crippen molar-refractivity contribution in [3.63, 3.8) is 0 Å². The number of aromatic nitrogens is 2. The van der Waals surface area contributed by atoms with E-state index in [0.717, 1.165) is 0 Å². The van der Waals surface area contributed by atoms with Crippen molar-refractivity contribution in [2.45, 2.75) is 0 Å². The van der Waals surface area contributed by atoms with Gasteiger partial charge in [-0.25, -0.2) is 4.98 Å². The quantitative estimate of drug-likeness (QED) is 0.800. The molecule has 0 atom stereocenters. The molecule has 0 bridgehead atoms. The molecule has 2 heterocycles. The number of likely N-dealkylation sites (N-methyl/N-ethyl adjacent to an activating group) is 1. The Kier molecular flexibility index (Phi) is 2.70. The van der Waals surface area contributed by atoms with Gasteiger partial charge >= 0.3 is 0 Å². The van der Waals surface area contributed by atoms with E-state index in [0.29, 0.717) is 16.5 Å². The number of Topliss-reactive ketones (excluding diaryl/α,β-unsaturated/α-hetero) is 1. The maximum atomic E-state index is 11.6. The molecule has 0 aliphatic rings. The second-order valence-electron chi connectivity index (χ2n) is 3.13. The van der Waals surface area contributed by atoms with Crippen molar-refractivity contribution in [1.82, 2.24) is 14.7 Å². The first-order valence-electron chi connectivity index (χ1n) is 4.54. The summed E-state index contributed by atoms with van der Waals surface area (Å²) in [5, 5.41) is 3.15. The molecule has 0 saturated carbocycles. The third-order valence-electron chi connectivity index (χ3n) is 2.07. The Morgan fingerprint density at radius 3 is 3.07 bits per heavy atom. The molecule has 5 heteroatoms. The number of nitrogens with zero attached hydrogens (tertiary/aromatic N) is 2. The van der Waals surface area contributed by atoms with E-state index in [2.05, 4.69) is 10.3 Å². The summed E-state index contributed by atoms with van der Waals surface area (Å²) in [7, 11) is 1.71. The molecule has 2 aromatic heterocycles. The Morgan fingerprint density at radius 1 is 1.60 bits per heavy atom. The van der Waals surface area contributed by atoms with E-state index >= 15 is 0 Å². The summed E-state index contributed by atoms with van der Waals surface area (Å²) in [5.41, 5.74) is 0.999. The van der Waals surface area contributed by atoms with Crippen molar-refractivity contribution in [3.8, 4) is 0 Å². The molecule has 0 saturated heterocycles. The summed E-state index contributed by atoms with van der Waals surface area (Å²) in [6.07, 6.45) is 1.78. The molecular weight excluding hydrogens is 214 g/mol. The number of hydrogen-bond acceptors (Lipinski definition) is 3. The Balaban J connectivity index is 2.53. The molecule has 0 aliphatic carbocycles. The largest absolute Gasteiger partial charge is 0.313 e. The van der Waals surface area contributed by atoms with Crippen molar-refractivity contribution in [3.05, 3.63) is 35.2 Å². The zero-order chi connectivity index (χ0) is 10.8. The second kappa shape index (κ2) is 4.00. The minimum atomic E-state index is -0.105. The van der Waals surface area contributed by atoms with Gasteiger partial charge in [0.05, 0.1) is 6.54 Å².